The van der Waals surface area contributed by atoms with Crippen LogP contribution in [-0.2, 0) is 9.47 Å². The zero-order valence-corrected chi connectivity index (χ0v) is 14.6. The van der Waals surface area contributed by atoms with Gasteiger partial charge in [-0.15, -0.1) is 0 Å². The first-order chi connectivity index (χ1) is 9.99. The summed E-state index contributed by atoms with van der Waals surface area (Å²) in [4.78, 5) is 0. The summed E-state index contributed by atoms with van der Waals surface area (Å²) in [6.45, 7) is 7.94. The second-order valence-corrected chi connectivity index (χ2v) is 6.25. The van der Waals surface area contributed by atoms with Gasteiger partial charge in [0.2, 0.25) is 0 Å². The third-order valence-electron chi connectivity index (χ3n) is 3.00. The van der Waals surface area contributed by atoms with Crippen LogP contribution in [0.25, 0.3) is 0 Å². The zero-order valence-electron chi connectivity index (χ0n) is 13.0. The molecule has 5 heteroatoms. The van der Waals surface area contributed by atoms with E-state index in [1.165, 1.54) is 5.56 Å². The summed E-state index contributed by atoms with van der Waals surface area (Å²) in [6.07, 6.45) is -0.301. The lowest BCUT2D eigenvalue weighted by Crippen LogP contribution is -2.32. The van der Waals surface area contributed by atoms with E-state index in [1.807, 2.05) is 26.0 Å². The Balaban J connectivity index is 2.16. The highest BCUT2D eigenvalue weighted by Gasteiger charge is 2.09. The first-order valence-corrected chi connectivity index (χ1v) is 8.14. The van der Waals surface area contributed by atoms with Crippen LogP contribution in [0.2, 0.25) is 0 Å². The molecule has 0 fully saturated rings. The van der Waals surface area contributed by atoms with E-state index in [1.54, 1.807) is 0 Å². The number of nitrogens with one attached hydrogen (secondary N) is 1. The van der Waals surface area contributed by atoms with Crippen LogP contribution >= 0.6 is 15.9 Å². The lowest BCUT2D eigenvalue weighted by atomic mass is 10.1. The van der Waals surface area contributed by atoms with Gasteiger partial charge >= 0.3 is 0 Å². The van der Waals surface area contributed by atoms with Crippen molar-refractivity contribution in [3.05, 3.63) is 34.3 Å². The molecule has 2 N–H and O–H groups in total. The van der Waals surface area contributed by atoms with Crippen LogP contribution in [0.5, 0.6) is 0 Å². The maximum Gasteiger partial charge on any atom is 0.0897 e. The summed E-state index contributed by atoms with van der Waals surface area (Å²) in [6, 6.07) is 8.32. The van der Waals surface area contributed by atoms with E-state index in [2.05, 4.69) is 40.3 Å². The van der Waals surface area contributed by atoms with Crippen LogP contribution < -0.4 is 5.32 Å². The lowest BCUT2D eigenvalue weighted by molar-refractivity contribution is -0.0104. The van der Waals surface area contributed by atoms with Gasteiger partial charge in [-0.25, -0.2) is 0 Å². The van der Waals surface area contributed by atoms with Crippen LogP contribution in [-0.4, -0.2) is 43.7 Å². The second-order valence-electron chi connectivity index (χ2n) is 5.33. The largest absolute Gasteiger partial charge is 0.389 e. The number of aliphatic hydroxyl groups excluding tert-OH is 1. The first-order valence-electron chi connectivity index (χ1n) is 7.35. The van der Waals surface area contributed by atoms with Gasteiger partial charge in [-0.3, -0.25) is 0 Å². The van der Waals surface area contributed by atoms with Crippen molar-refractivity contribution >= 4 is 15.9 Å². The van der Waals surface area contributed by atoms with Gasteiger partial charge in [-0.05, 0) is 38.5 Å². The molecule has 1 aromatic rings. The van der Waals surface area contributed by atoms with E-state index in [0.717, 1.165) is 4.47 Å². The predicted octanol–water partition coefficient (Wildman–Crippen LogP) is 2.90. The fourth-order valence-corrected chi connectivity index (χ4v) is 2.24. The molecule has 0 saturated heterocycles. The van der Waals surface area contributed by atoms with Crippen molar-refractivity contribution in [2.24, 2.45) is 0 Å². The lowest BCUT2D eigenvalue weighted by Gasteiger charge is -2.18. The molecule has 0 saturated carbocycles. The number of ether oxygens (including phenoxy) is 2. The van der Waals surface area contributed by atoms with Crippen molar-refractivity contribution in [2.75, 3.05) is 26.4 Å². The molecule has 4 nitrogen and oxygen atoms in total. The van der Waals surface area contributed by atoms with Crippen LogP contribution in [0.4, 0.5) is 0 Å². The molecular formula is C16H26BrNO3. The van der Waals surface area contributed by atoms with Crippen molar-refractivity contribution in [1.29, 1.82) is 0 Å². The van der Waals surface area contributed by atoms with Gasteiger partial charge < -0.3 is 19.9 Å². The number of aliphatic hydroxyl groups is 1. The molecule has 2 atom stereocenters. The Morgan fingerprint density at radius 1 is 1.24 bits per heavy atom. The normalized spacial score (nSPS) is 14.4. The summed E-state index contributed by atoms with van der Waals surface area (Å²) in [5.74, 6) is 0. The SMILES string of the molecule is CC(C)OCCOCC(O)CNC(C)c1cccc(Br)c1. The van der Waals surface area contributed by atoms with Gasteiger partial charge in [0, 0.05) is 17.1 Å². The highest BCUT2D eigenvalue weighted by atomic mass is 79.9. The summed E-state index contributed by atoms with van der Waals surface area (Å²) < 4.78 is 11.8. The number of benzene rings is 1. The molecule has 0 aliphatic carbocycles. The molecule has 0 bridgehead atoms. The highest BCUT2D eigenvalue weighted by Crippen LogP contribution is 2.17. The first kappa shape index (κ1) is 18.6. The van der Waals surface area contributed by atoms with E-state index < -0.39 is 6.10 Å². The molecule has 120 valence electrons. The molecule has 0 spiro atoms. The minimum absolute atomic E-state index is 0.182. The molecule has 0 heterocycles. The van der Waals surface area contributed by atoms with E-state index in [0.29, 0.717) is 26.4 Å². The third-order valence-corrected chi connectivity index (χ3v) is 3.49. The monoisotopic (exact) mass is 359 g/mol. The van der Waals surface area contributed by atoms with Crippen LogP contribution in [0, 0.1) is 0 Å². The van der Waals surface area contributed by atoms with Gasteiger partial charge in [0.05, 0.1) is 32.0 Å². The molecule has 0 aliphatic heterocycles. The van der Waals surface area contributed by atoms with E-state index in [9.17, 15) is 5.11 Å². The van der Waals surface area contributed by atoms with Gasteiger partial charge in [0.15, 0.2) is 0 Å². The average Bonchev–Trinajstić information content (AvgIpc) is 2.44. The quantitative estimate of drug-likeness (QED) is 0.630. The summed E-state index contributed by atoms with van der Waals surface area (Å²) in [5.41, 5.74) is 1.18. The topological polar surface area (TPSA) is 50.7 Å². The van der Waals surface area contributed by atoms with Crippen molar-refractivity contribution in [3.8, 4) is 0 Å². The Morgan fingerprint density at radius 2 is 2.00 bits per heavy atom. The molecule has 1 aromatic carbocycles. The second kappa shape index (κ2) is 10.3. The molecule has 0 aromatic heterocycles. The van der Waals surface area contributed by atoms with Gasteiger partial charge in [0.1, 0.15) is 0 Å². The zero-order chi connectivity index (χ0) is 15.7. The smallest absolute Gasteiger partial charge is 0.0897 e. The van der Waals surface area contributed by atoms with Crippen LogP contribution in [0.15, 0.2) is 28.7 Å². The van der Waals surface area contributed by atoms with E-state index in [4.69, 9.17) is 9.47 Å². The van der Waals surface area contributed by atoms with Crippen LogP contribution in [0.1, 0.15) is 32.4 Å². The molecule has 0 amide bonds. The molecular weight excluding hydrogens is 334 g/mol. The van der Waals surface area contributed by atoms with Gasteiger partial charge in [0.25, 0.3) is 0 Å². The minimum Gasteiger partial charge on any atom is -0.389 e. The number of rotatable bonds is 10. The Hall–Kier alpha value is -0.460. The number of hydrogen-bond acceptors (Lipinski definition) is 4. The Kier molecular flexibility index (Phi) is 9.11. The summed E-state index contributed by atoms with van der Waals surface area (Å²) in [5, 5.41) is 13.2. The van der Waals surface area contributed by atoms with Crippen molar-refractivity contribution in [3.63, 3.8) is 0 Å². The molecule has 1 rings (SSSR count). The fourth-order valence-electron chi connectivity index (χ4n) is 1.83. The van der Waals surface area contributed by atoms with Crippen molar-refractivity contribution in [1.82, 2.24) is 5.32 Å². The molecule has 21 heavy (non-hydrogen) atoms. The Morgan fingerprint density at radius 3 is 2.67 bits per heavy atom. The maximum absolute atomic E-state index is 9.87. The summed E-state index contributed by atoms with van der Waals surface area (Å²) >= 11 is 3.46. The number of hydrogen-bond donors (Lipinski definition) is 2. The molecule has 0 radical (unpaired) electrons. The van der Waals surface area contributed by atoms with Crippen molar-refractivity contribution < 1.29 is 14.6 Å². The fraction of sp³-hybridized carbons (Fsp3) is 0.625. The number of halogens is 1. The molecule has 2 unspecified atom stereocenters. The standard InChI is InChI=1S/C16H26BrNO3/c1-12(2)21-8-7-20-11-16(19)10-18-13(3)14-5-4-6-15(17)9-14/h4-6,9,12-13,16,18-19H,7-8,10-11H2,1-3H3. The Bertz CT molecular complexity index is 401. The van der Waals surface area contributed by atoms with Gasteiger partial charge in [-0.2, -0.15) is 0 Å². The third kappa shape index (κ3) is 8.53. The van der Waals surface area contributed by atoms with Crippen LogP contribution in [0.3, 0.4) is 0 Å². The van der Waals surface area contributed by atoms with Crippen molar-refractivity contribution in [2.45, 2.75) is 39.0 Å². The Labute approximate surface area is 136 Å². The highest BCUT2D eigenvalue weighted by molar-refractivity contribution is 9.10. The summed E-state index contributed by atoms with van der Waals surface area (Å²) in [7, 11) is 0. The minimum atomic E-state index is -0.515. The van der Waals surface area contributed by atoms with E-state index >= 15 is 0 Å². The van der Waals surface area contributed by atoms with Gasteiger partial charge in [-0.1, -0.05) is 28.1 Å². The maximum atomic E-state index is 9.87. The van der Waals surface area contributed by atoms with E-state index in [-0.39, 0.29) is 12.1 Å². The average molecular weight is 360 g/mol. The molecule has 0 aliphatic rings. The predicted molar refractivity (Wildman–Crippen MR) is 88.5 cm³/mol.